The Kier molecular flexibility index (Phi) is 7.47. The van der Waals surface area contributed by atoms with Crippen molar-refractivity contribution in [2.45, 2.75) is 43.0 Å². The van der Waals surface area contributed by atoms with Crippen LogP contribution in [0.1, 0.15) is 37.7 Å². The minimum absolute atomic E-state index is 0.0140. The number of methoxy groups -OCH3 is 2. The molecule has 0 unspecified atom stereocenters. The zero-order valence-corrected chi connectivity index (χ0v) is 22.8. The number of amides is 1. The summed E-state index contributed by atoms with van der Waals surface area (Å²) in [5.41, 5.74) is 1.31. The summed E-state index contributed by atoms with van der Waals surface area (Å²) in [6, 6.07) is 15.8. The second-order valence-electron chi connectivity index (χ2n) is 9.29. The predicted molar refractivity (Wildman–Crippen MR) is 151 cm³/mol. The van der Waals surface area contributed by atoms with Gasteiger partial charge in [-0.15, -0.1) is 0 Å². The van der Waals surface area contributed by atoms with Gasteiger partial charge in [-0.3, -0.25) is 9.69 Å². The number of benzene rings is 3. The first-order chi connectivity index (χ1) is 18.3. The van der Waals surface area contributed by atoms with E-state index in [-0.39, 0.29) is 16.8 Å². The van der Waals surface area contributed by atoms with Gasteiger partial charge < -0.3 is 9.47 Å². The van der Waals surface area contributed by atoms with Gasteiger partial charge in [0, 0.05) is 17.0 Å². The van der Waals surface area contributed by atoms with Gasteiger partial charge in [0.1, 0.15) is 11.5 Å². The Hall–Kier alpha value is -3.34. The number of thioether (sulfide) groups is 1. The van der Waals surface area contributed by atoms with Crippen LogP contribution in [0.5, 0.6) is 11.5 Å². The normalized spacial score (nSPS) is 19.0. The molecule has 1 saturated carbocycles. The standard InChI is InChI=1S/C28H29N3O5S2/c1-35-24-10-6-7-18-16-25(36-2)19(15-23(18)24)17-26-27(32)31(21-8-4-3-5-9-21)28(37-26)30-20-11-13-22(14-12-20)38(29,33)34/h6-7,10-17,21H,3-5,8-9H2,1-2H3,(H2,29,33,34). The van der Waals surface area contributed by atoms with Crippen molar-refractivity contribution in [2.24, 2.45) is 10.1 Å². The second-order valence-corrected chi connectivity index (χ2v) is 11.9. The molecule has 0 spiro atoms. The highest BCUT2D eigenvalue weighted by Crippen LogP contribution is 2.40. The molecule has 1 aliphatic carbocycles. The average molecular weight is 552 g/mol. The summed E-state index contributed by atoms with van der Waals surface area (Å²) >= 11 is 1.31. The molecule has 0 atom stereocenters. The van der Waals surface area contributed by atoms with E-state index in [4.69, 9.17) is 19.6 Å². The van der Waals surface area contributed by atoms with E-state index in [1.807, 2.05) is 36.4 Å². The van der Waals surface area contributed by atoms with Crippen LogP contribution >= 0.6 is 11.8 Å². The number of nitrogens with zero attached hydrogens (tertiary/aromatic N) is 2. The van der Waals surface area contributed by atoms with Crippen molar-refractivity contribution in [1.82, 2.24) is 4.90 Å². The highest BCUT2D eigenvalue weighted by Gasteiger charge is 2.38. The van der Waals surface area contributed by atoms with E-state index >= 15 is 0 Å². The molecule has 3 aromatic rings. The first-order valence-electron chi connectivity index (χ1n) is 12.4. The van der Waals surface area contributed by atoms with Crippen molar-refractivity contribution in [3.8, 4) is 11.5 Å². The van der Waals surface area contributed by atoms with E-state index in [0.717, 1.165) is 54.2 Å². The molecule has 0 bridgehead atoms. The molecule has 2 fully saturated rings. The Morgan fingerprint density at radius 1 is 1.00 bits per heavy atom. The van der Waals surface area contributed by atoms with Crippen LogP contribution in [0.4, 0.5) is 5.69 Å². The van der Waals surface area contributed by atoms with Crippen molar-refractivity contribution in [3.63, 3.8) is 0 Å². The van der Waals surface area contributed by atoms with E-state index in [1.54, 1.807) is 31.3 Å². The Labute approximate surface area is 226 Å². The highest BCUT2D eigenvalue weighted by atomic mass is 32.2. The van der Waals surface area contributed by atoms with Crippen molar-refractivity contribution in [1.29, 1.82) is 0 Å². The van der Waals surface area contributed by atoms with E-state index in [0.29, 0.717) is 21.5 Å². The number of hydrogen-bond donors (Lipinski definition) is 1. The van der Waals surface area contributed by atoms with E-state index in [1.165, 1.54) is 23.9 Å². The van der Waals surface area contributed by atoms with Crippen LogP contribution in [-0.4, -0.2) is 44.7 Å². The summed E-state index contributed by atoms with van der Waals surface area (Å²) in [7, 11) is -0.559. The van der Waals surface area contributed by atoms with Gasteiger partial charge in [-0.2, -0.15) is 0 Å². The fourth-order valence-electron chi connectivity index (χ4n) is 4.95. The number of carbonyl (C=O) groups excluding carboxylic acids is 1. The van der Waals surface area contributed by atoms with E-state index in [2.05, 4.69) is 0 Å². The summed E-state index contributed by atoms with van der Waals surface area (Å²) in [6.45, 7) is 0. The zero-order chi connectivity index (χ0) is 26.9. The van der Waals surface area contributed by atoms with Gasteiger partial charge in [0.2, 0.25) is 10.0 Å². The number of amidine groups is 1. The molecule has 1 heterocycles. The average Bonchev–Trinajstić information content (AvgIpc) is 3.22. The molecule has 198 valence electrons. The highest BCUT2D eigenvalue weighted by molar-refractivity contribution is 8.18. The van der Waals surface area contributed by atoms with Crippen molar-refractivity contribution < 1.29 is 22.7 Å². The van der Waals surface area contributed by atoms with Crippen LogP contribution in [0.3, 0.4) is 0 Å². The van der Waals surface area contributed by atoms with Gasteiger partial charge in [0.05, 0.1) is 29.7 Å². The van der Waals surface area contributed by atoms with Crippen LogP contribution in [0.2, 0.25) is 0 Å². The number of primary sulfonamides is 1. The lowest BCUT2D eigenvalue weighted by Gasteiger charge is -2.30. The number of sulfonamides is 1. The minimum atomic E-state index is -3.80. The Balaban J connectivity index is 1.56. The van der Waals surface area contributed by atoms with Crippen LogP contribution in [-0.2, 0) is 14.8 Å². The molecule has 3 aromatic carbocycles. The molecule has 2 N–H and O–H groups in total. The summed E-state index contributed by atoms with van der Waals surface area (Å²) in [5.74, 6) is 1.30. The van der Waals surface area contributed by atoms with Gasteiger partial charge >= 0.3 is 0 Å². The summed E-state index contributed by atoms with van der Waals surface area (Å²) < 4.78 is 34.5. The number of rotatable bonds is 6. The van der Waals surface area contributed by atoms with E-state index < -0.39 is 10.0 Å². The maximum Gasteiger partial charge on any atom is 0.267 e. The molecule has 10 heteroatoms. The lowest BCUT2D eigenvalue weighted by atomic mass is 9.94. The molecule has 8 nitrogen and oxygen atoms in total. The number of hydrogen-bond acceptors (Lipinski definition) is 7. The zero-order valence-electron chi connectivity index (χ0n) is 21.2. The summed E-state index contributed by atoms with van der Waals surface area (Å²) in [5, 5.41) is 7.70. The minimum Gasteiger partial charge on any atom is -0.496 e. The Bertz CT molecular complexity index is 1540. The molecule has 2 aliphatic rings. The quantitative estimate of drug-likeness (QED) is 0.408. The van der Waals surface area contributed by atoms with Gasteiger partial charge in [0.25, 0.3) is 5.91 Å². The maximum absolute atomic E-state index is 13.8. The summed E-state index contributed by atoms with van der Waals surface area (Å²) in [4.78, 5) is 20.9. The van der Waals surface area contributed by atoms with Crippen LogP contribution in [0.25, 0.3) is 16.8 Å². The lowest BCUT2D eigenvalue weighted by molar-refractivity contribution is -0.124. The second kappa shape index (κ2) is 10.8. The number of fused-ring (bicyclic) bond motifs is 1. The molecule has 1 aliphatic heterocycles. The molecular weight excluding hydrogens is 522 g/mol. The van der Waals surface area contributed by atoms with Gasteiger partial charge in [-0.25, -0.2) is 18.5 Å². The number of aliphatic imine (C=N–C) groups is 1. The lowest BCUT2D eigenvalue weighted by Crippen LogP contribution is -2.40. The van der Waals surface area contributed by atoms with Gasteiger partial charge in [0.15, 0.2) is 5.17 Å². The molecule has 5 rings (SSSR count). The first-order valence-corrected chi connectivity index (χ1v) is 14.7. The molecule has 0 aromatic heterocycles. The van der Waals surface area contributed by atoms with Crippen molar-refractivity contribution >= 4 is 55.4 Å². The van der Waals surface area contributed by atoms with Crippen molar-refractivity contribution in [2.75, 3.05) is 14.2 Å². The van der Waals surface area contributed by atoms with Crippen LogP contribution in [0.15, 0.2) is 69.4 Å². The Morgan fingerprint density at radius 2 is 1.71 bits per heavy atom. The smallest absolute Gasteiger partial charge is 0.267 e. The van der Waals surface area contributed by atoms with E-state index in [9.17, 15) is 13.2 Å². The van der Waals surface area contributed by atoms with Crippen LogP contribution < -0.4 is 14.6 Å². The molecular formula is C28H29N3O5S2. The largest absolute Gasteiger partial charge is 0.496 e. The topological polar surface area (TPSA) is 111 Å². The predicted octanol–water partition coefficient (Wildman–Crippen LogP) is 5.44. The molecule has 38 heavy (non-hydrogen) atoms. The maximum atomic E-state index is 13.8. The third-order valence-corrected chi connectivity index (χ3v) is 8.78. The molecule has 1 saturated heterocycles. The SMILES string of the molecule is COc1cc2cccc(OC)c2cc1C=C1SC(=Nc2ccc(S(N)(=O)=O)cc2)N(C2CCCCC2)C1=O. The van der Waals surface area contributed by atoms with Crippen LogP contribution in [0, 0.1) is 0 Å². The fraction of sp³-hybridized carbons (Fsp3) is 0.286. The molecule has 0 radical (unpaired) electrons. The van der Waals surface area contributed by atoms with Crippen molar-refractivity contribution in [3.05, 3.63) is 65.1 Å². The third-order valence-electron chi connectivity index (χ3n) is 6.86. The third kappa shape index (κ3) is 5.29. The first kappa shape index (κ1) is 26.3. The van der Waals surface area contributed by atoms with Gasteiger partial charge in [-0.05, 0) is 78.5 Å². The van der Waals surface area contributed by atoms with Gasteiger partial charge in [-0.1, -0.05) is 31.4 Å². The monoisotopic (exact) mass is 551 g/mol. The number of carbonyl (C=O) groups is 1. The molecule has 1 amide bonds. The summed E-state index contributed by atoms with van der Waals surface area (Å²) in [6.07, 6.45) is 6.96. The Morgan fingerprint density at radius 3 is 2.37 bits per heavy atom. The number of nitrogens with two attached hydrogens (primary N) is 1. The number of ether oxygens (including phenoxy) is 2. The fourth-order valence-corrected chi connectivity index (χ4v) is 6.51.